The first-order valence-electron chi connectivity index (χ1n) is 7.93. The van der Waals surface area contributed by atoms with Crippen molar-refractivity contribution in [1.82, 2.24) is 15.1 Å². The molecule has 110 valence electrons. The molecular weight excluding hydrogens is 238 g/mol. The molecule has 0 radical (unpaired) electrons. The van der Waals surface area contributed by atoms with E-state index in [0.717, 1.165) is 25.6 Å². The molecule has 2 rings (SSSR count). The van der Waals surface area contributed by atoms with Crippen LogP contribution >= 0.6 is 0 Å². The number of carbonyl (C=O) groups excluding carboxylic acids is 1. The molecule has 2 fully saturated rings. The number of piperidine rings is 2. The Morgan fingerprint density at radius 1 is 1.21 bits per heavy atom. The van der Waals surface area contributed by atoms with E-state index in [1.807, 2.05) is 4.90 Å². The van der Waals surface area contributed by atoms with Crippen molar-refractivity contribution in [3.63, 3.8) is 0 Å². The van der Waals surface area contributed by atoms with Crippen LogP contribution in [-0.2, 0) is 4.79 Å². The van der Waals surface area contributed by atoms with Gasteiger partial charge >= 0.3 is 0 Å². The standard InChI is InChI=1S/C15H29N3O/c1-17(12-7-14-5-8-16-9-6-14)13-15(19)18-10-3-2-4-11-18/h14,16H,2-13H2,1H3. The summed E-state index contributed by atoms with van der Waals surface area (Å²) in [6, 6.07) is 0. The molecule has 2 saturated heterocycles. The van der Waals surface area contributed by atoms with E-state index in [0.29, 0.717) is 12.5 Å². The molecule has 4 nitrogen and oxygen atoms in total. The van der Waals surface area contributed by atoms with E-state index in [1.54, 1.807) is 0 Å². The van der Waals surface area contributed by atoms with Gasteiger partial charge in [0.15, 0.2) is 0 Å². The number of hydrogen-bond donors (Lipinski definition) is 1. The second kappa shape index (κ2) is 7.85. The van der Waals surface area contributed by atoms with Crippen LogP contribution in [0.3, 0.4) is 0 Å². The van der Waals surface area contributed by atoms with E-state index in [4.69, 9.17) is 0 Å². The van der Waals surface area contributed by atoms with Crippen LogP contribution in [0.4, 0.5) is 0 Å². The minimum absolute atomic E-state index is 0.326. The van der Waals surface area contributed by atoms with Crippen LogP contribution in [0.25, 0.3) is 0 Å². The van der Waals surface area contributed by atoms with E-state index in [1.165, 1.54) is 51.6 Å². The third-order valence-electron chi connectivity index (χ3n) is 4.49. The Balaban J connectivity index is 1.62. The summed E-state index contributed by atoms with van der Waals surface area (Å²) < 4.78 is 0. The molecule has 19 heavy (non-hydrogen) atoms. The average molecular weight is 267 g/mol. The van der Waals surface area contributed by atoms with Gasteiger partial charge in [0.05, 0.1) is 6.54 Å². The second-order valence-corrected chi connectivity index (χ2v) is 6.16. The molecule has 0 spiro atoms. The summed E-state index contributed by atoms with van der Waals surface area (Å²) in [5.74, 6) is 1.18. The lowest BCUT2D eigenvalue weighted by Gasteiger charge is -2.29. The van der Waals surface area contributed by atoms with E-state index >= 15 is 0 Å². The fourth-order valence-electron chi connectivity index (χ4n) is 3.13. The number of rotatable bonds is 5. The van der Waals surface area contributed by atoms with Gasteiger partial charge in [-0.25, -0.2) is 0 Å². The normalized spacial score (nSPS) is 21.9. The zero-order valence-corrected chi connectivity index (χ0v) is 12.4. The lowest BCUT2D eigenvalue weighted by atomic mass is 9.94. The molecule has 2 heterocycles. The van der Waals surface area contributed by atoms with E-state index in [2.05, 4.69) is 17.3 Å². The highest BCUT2D eigenvalue weighted by Gasteiger charge is 2.19. The summed E-state index contributed by atoms with van der Waals surface area (Å²) in [4.78, 5) is 16.4. The number of likely N-dealkylation sites (N-methyl/N-ethyl adjacent to an activating group) is 1. The van der Waals surface area contributed by atoms with Gasteiger partial charge in [-0.15, -0.1) is 0 Å². The number of hydrogen-bond acceptors (Lipinski definition) is 3. The lowest BCUT2D eigenvalue weighted by Crippen LogP contribution is -2.42. The first-order valence-corrected chi connectivity index (χ1v) is 7.93. The minimum Gasteiger partial charge on any atom is -0.342 e. The number of amides is 1. The summed E-state index contributed by atoms with van der Waals surface area (Å²) in [5.41, 5.74) is 0. The van der Waals surface area contributed by atoms with Crippen molar-refractivity contribution < 1.29 is 4.79 Å². The number of nitrogens with one attached hydrogen (secondary N) is 1. The molecule has 0 unspecified atom stereocenters. The Bertz CT molecular complexity index is 271. The summed E-state index contributed by atoms with van der Waals surface area (Å²) in [6.07, 6.45) is 7.50. The molecule has 4 heteroatoms. The third kappa shape index (κ3) is 5.11. The van der Waals surface area contributed by atoms with Crippen molar-refractivity contribution >= 4 is 5.91 Å². The van der Waals surface area contributed by atoms with Gasteiger partial charge in [-0.3, -0.25) is 9.69 Å². The first-order chi connectivity index (χ1) is 9.25. The molecule has 0 aromatic rings. The van der Waals surface area contributed by atoms with Crippen molar-refractivity contribution in [2.75, 3.05) is 46.3 Å². The van der Waals surface area contributed by atoms with E-state index in [9.17, 15) is 4.79 Å². The van der Waals surface area contributed by atoms with Crippen molar-refractivity contribution in [2.24, 2.45) is 5.92 Å². The van der Waals surface area contributed by atoms with Gasteiger partial charge < -0.3 is 10.2 Å². The molecule has 2 aliphatic rings. The van der Waals surface area contributed by atoms with Gasteiger partial charge in [0, 0.05) is 13.1 Å². The molecule has 0 aromatic heterocycles. The van der Waals surface area contributed by atoms with Gasteiger partial charge in [-0.2, -0.15) is 0 Å². The monoisotopic (exact) mass is 267 g/mol. The quantitative estimate of drug-likeness (QED) is 0.816. The number of likely N-dealkylation sites (tertiary alicyclic amines) is 1. The Kier molecular flexibility index (Phi) is 6.11. The van der Waals surface area contributed by atoms with Crippen molar-refractivity contribution in [3.05, 3.63) is 0 Å². The van der Waals surface area contributed by atoms with Crippen molar-refractivity contribution in [3.8, 4) is 0 Å². The summed E-state index contributed by atoms with van der Waals surface area (Å²) in [5, 5.41) is 3.40. The topological polar surface area (TPSA) is 35.6 Å². The lowest BCUT2D eigenvalue weighted by molar-refractivity contribution is -0.133. The van der Waals surface area contributed by atoms with Crippen molar-refractivity contribution in [2.45, 2.75) is 38.5 Å². The highest BCUT2D eigenvalue weighted by molar-refractivity contribution is 5.78. The second-order valence-electron chi connectivity index (χ2n) is 6.16. The molecule has 1 N–H and O–H groups in total. The van der Waals surface area contributed by atoms with E-state index < -0.39 is 0 Å². The minimum atomic E-state index is 0.326. The summed E-state index contributed by atoms with van der Waals surface area (Å²) >= 11 is 0. The Morgan fingerprint density at radius 3 is 2.58 bits per heavy atom. The zero-order chi connectivity index (χ0) is 13.5. The van der Waals surface area contributed by atoms with Gasteiger partial charge in [-0.05, 0) is 71.1 Å². The van der Waals surface area contributed by atoms with Crippen molar-refractivity contribution in [1.29, 1.82) is 0 Å². The maximum absolute atomic E-state index is 12.1. The molecule has 0 aromatic carbocycles. The van der Waals surface area contributed by atoms with Crippen LogP contribution in [0.1, 0.15) is 38.5 Å². The Hall–Kier alpha value is -0.610. The molecule has 0 aliphatic carbocycles. The molecule has 1 amide bonds. The summed E-state index contributed by atoms with van der Waals surface area (Å²) in [6.45, 7) is 5.94. The molecular formula is C15H29N3O. The SMILES string of the molecule is CN(CCC1CCNCC1)CC(=O)N1CCCCC1. The zero-order valence-electron chi connectivity index (χ0n) is 12.4. The van der Waals surface area contributed by atoms with Crippen LogP contribution < -0.4 is 5.32 Å². The van der Waals surface area contributed by atoms with Gasteiger partial charge in [-0.1, -0.05) is 0 Å². The van der Waals surface area contributed by atoms with E-state index in [-0.39, 0.29) is 0 Å². The smallest absolute Gasteiger partial charge is 0.236 e. The Labute approximate surface area is 117 Å². The van der Waals surface area contributed by atoms with Gasteiger partial charge in [0.1, 0.15) is 0 Å². The molecule has 0 atom stereocenters. The van der Waals surface area contributed by atoms with Crippen LogP contribution in [-0.4, -0.2) is 62.0 Å². The molecule has 0 bridgehead atoms. The fraction of sp³-hybridized carbons (Fsp3) is 0.933. The molecule has 0 saturated carbocycles. The predicted molar refractivity (Wildman–Crippen MR) is 78.1 cm³/mol. The van der Waals surface area contributed by atoms with Gasteiger partial charge in [0.2, 0.25) is 5.91 Å². The first kappa shape index (κ1) is 14.8. The Morgan fingerprint density at radius 2 is 1.89 bits per heavy atom. The molecule has 2 aliphatic heterocycles. The highest BCUT2D eigenvalue weighted by atomic mass is 16.2. The maximum Gasteiger partial charge on any atom is 0.236 e. The predicted octanol–water partition coefficient (Wildman–Crippen LogP) is 1.32. The summed E-state index contributed by atoms with van der Waals surface area (Å²) in [7, 11) is 2.09. The number of nitrogens with zero attached hydrogens (tertiary/aromatic N) is 2. The van der Waals surface area contributed by atoms with Crippen LogP contribution in [0.15, 0.2) is 0 Å². The van der Waals surface area contributed by atoms with Crippen LogP contribution in [0.2, 0.25) is 0 Å². The average Bonchev–Trinajstić information content (AvgIpc) is 2.47. The third-order valence-corrected chi connectivity index (χ3v) is 4.49. The fourth-order valence-corrected chi connectivity index (χ4v) is 3.13. The number of carbonyl (C=O) groups is 1. The van der Waals surface area contributed by atoms with Gasteiger partial charge in [0.25, 0.3) is 0 Å². The highest BCUT2D eigenvalue weighted by Crippen LogP contribution is 2.16. The van der Waals surface area contributed by atoms with Crippen LogP contribution in [0, 0.1) is 5.92 Å². The van der Waals surface area contributed by atoms with Crippen LogP contribution in [0.5, 0.6) is 0 Å². The largest absolute Gasteiger partial charge is 0.342 e. The maximum atomic E-state index is 12.1.